The van der Waals surface area contributed by atoms with Crippen molar-refractivity contribution in [3.8, 4) is 11.5 Å². The molecule has 0 fully saturated rings. The van der Waals surface area contributed by atoms with Gasteiger partial charge in [0.15, 0.2) is 23.2 Å². The second kappa shape index (κ2) is 9.71. The number of hydrogen-bond acceptors (Lipinski definition) is 5. The Balaban J connectivity index is 1.54. The zero-order chi connectivity index (χ0) is 19.8. The van der Waals surface area contributed by atoms with Crippen LogP contribution in [-0.2, 0) is 17.6 Å². The van der Waals surface area contributed by atoms with E-state index in [2.05, 4.69) is 29.0 Å². The number of hydrogen-bond donors (Lipinski definition) is 1. The lowest BCUT2D eigenvalue weighted by Crippen LogP contribution is -2.20. The molecule has 5 nitrogen and oxygen atoms in total. The molecule has 0 atom stereocenters. The molecule has 28 heavy (non-hydrogen) atoms. The third-order valence-corrected chi connectivity index (χ3v) is 4.90. The summed E-state index contributed by atoms with van der Waals surface area (Å²) in [5.41, 5.74) is 2.27. The number of carbonyl (C=O) groups is 1. The number of aromatic nitrogens is 1. The van der Waals surface area contributed by atoms with Crippen molar-refractivity contribution >= 4 is 22.4 Å². The van der Waals surface area contributed by atoms with Crippen LogP contribution in [0.4, 0.5) is 5.13 Å². The maximum atomic E-state index is 12.2. The van der Waals surface area contributed by atoms with Crippen molar-refractivity contribution in [2.24, 2.45) is 0 Å². The first-order chi connectivity index (χ1) is 13.7. The summed E-state index contributed by atoms with van der Waals surface area (Å²) in [5.74, 6) is 0.846. The molecule has 0 spiro atoms. The minimum Gasteiger partial charge on any atom is -0.493 e. The summed E-state index contributed by atoms with van der Waals surface area (Å²) in [6, 6.07) is 15.7. The number of amides is 1. The Morgan fingerprint density at radius 3 is 2.75 bits per heavy atom. The smallest absolute Gasteiger partial charge is 0.264 e. The zero-order valence-electron chi connectivity index (χ0n) is 15.7. The summed E-state index contributed by atoms with van der Waals surface area (Å²) in [5, 5.41) is 3.34. The van der Waals surface area contributed by atoms with E-state index in [1.807, 2.05) is 36.4 Å². The van der Waals surface area contributed by atoms with E-state index in [4.69, 9.17) is 9.47 Å². The van der Waals surface area contributed by atoms with E-state index in [0.29, 0.717) is 16.6 Å². The molecule has 0 aliphatic heterocycles. The predicted molar refractivity (Wildman–Crippen MR) is 112 cm³/mol. The number of nitrogens with zero attached hydrogens (tertiary/aromatic N) is 1. The number of anilines is 1. The van der Waals surface area contributed by atoms with Gasteiger partial charge in [0.2, 0.25) is 0 Å². The van der Waals surface area contributed by atoms with Crippen LogP contribution in [0, 0.1) is 0 Å². The number of benzene rings is 2. The summed E-state index contributed by atoms with van der Waals surface area (Å²) >= 11 is 1.46. The van der Waals surface area contributed by atoms with Crippen molar-refractivity contribution in [1.82, 2.24) is 4.98 Å². The SMILES string of the molecule is C=CCc1ccc(OCC(=O)Nc2ncc(Cc3ccccc3)s2)c(OC)c1. The average Bonchev–Trinajstić information content (AvgIpc) is 3.14. The van der Waals surface area contributed by atoms with Gasteiger partial charge in [-0.2, -0.15) is 0 Å². The fraction of sp³-hybridized carbons (Fsp3) is 0.182. The van der Waals surface area contributed by atoms with E-state index in [9.17, 15) is 4.79 Å². The Kier molecular flexibility index (Phi) is 6.81. The quantitative estimate of drug-likeness (QED) is 0.543. The Morgan fingerprint density at radius 2 is 2.00 bits per heavy atom. The maximum Gasteiger partial charge on any atom is 0.264 e. The molecule has 0 radical (unpaired) electrons. The molecule has 0 aliphatic carbocycles. The summed E-state index contributed by atoms with van der Waals surface area (Å²) in [6.07, 6.45) is 5.14. The van der Waals surface area contributed by atoms with E-state index >= 15 is 0 Å². The lowest BCUT2D eigenvalue weighted by Gasteiger charge is -2.11. The monoisotopic (exact) mass is 394 g/mol. The molecule has 2 aromatic carbocycles. The molecule has 1 amide bonds. The van der Waals surface area contributed by atoms with Gasteiger partial charge in [0.05, 0.1) is 7.11 Å². The first kappa shape index (κ1) is 19.6. The third-order valence-electron chi connectivity index (χ3n) is 3.99. The summed E-state index contributed by atoms with van der Waals surface area (Å²) in [6.45, 7) is 3.61. The Hall–Kier alpha value is -3.12. The van der Waals surface area contributed by atoms with E-state index < -0.39 is 0 Å². The van der Waals surface area contributed by atoms with Crippen molar-refractivity contribution in [1.29, 1.82) is 0 Å². The number of rotatable bonds is 9. The standard InChI is InChI=1S/C22H22N2O3S/c1-3-7-16-10-11-19(20(13-16)26-2)27-15-21(25)24-22-23-14-18(28-22)12-17-8-5-4-6-9-17/h3-6,8-11,13-14H,1,7,12,15H2,2H3,(H,23,24,25). The zero-order valence-corrected chi connectivity index (χ0v) is 16.5. The minimum atomic E-state index is -0.266. The molecule has 3 aromatic rings. The molecule has 0 aliphatic rings. The summed E-state index contributed by atoms with van der Waals surface area (Å²) in [4.78, 5) is 17.6. The van der Waals surface area contributed by atoms with Gasteiger partial charge in [0.25, 0.3) is 5.91 Å². The maximum absolute atomic E-state index is 12.2. The summed E-state index contributed by atoms with van der Waals surface area (Å²) in [7, 11) is 1.57. The van der Waals surface area contributed by atoms with E-state index in [0.717, 1.165) is 23.3 Å². The van der Waals surface area contributed by atoms with E-state index in [1.54, 1.807) is 19.4 Å². The molecule has 1 aromatic heterocycles. The first-order valence-electron chi connectivity index (χ1n) is 8.87. The second-order valence-electron chi connectivity index (χ2n) is 6.11. The Bertz CT molecular complexity index is 938. The van der Waals surface area contributed by atoms with Crippen LogP contribution in [-0.4, -0.2) is 24.6 Å². The molecule has 1 heterocycles. The number of methoxy groups -OCH3 is 1. The lowest BCUT2D eigenvalue weighted by atomic mass is 10.1. The van der Waals surface area contributed by atoms with Crippen LogP contribution in [0.3, 0.4) is 0 Å². The minimum absolute atomic E-state index is 0.120. The van der Waals surface area contributed by atoms with Crippen LogP contribution in [0.1, 0.15) is 16.0 Å². The molecule has 0 bridgehead atoms. The van der Waals surface area contributed by atoms with Gasteiger partial charge in [-0.25, -0.2) is 4.98 Å². The van der Waals surface area contributed by atoms with Crippen molar-refractivity contribution < 1.29 is 14.3 Å². The van der Waals surface area contributed by atoms with E-state index in [-0.39, 0.29) is 12.5 Å². The van der Waals surface area contributed by atoms with Gasteiger partial charge in [-0.1, -0.05) is 42.5 Å². The highest BCUT2D eigenvalue weighted by atomic mass is 32.1. The molecule has 144 valence electrons. The number of ether oxygens (including phenoxy) is 2. The number of allylic oxidation sites excluding steroid dienone is 1. The van der Waals surface area contributed by atoms with Crippen LogP contribution >= 0.6 is 11.3 Å². The summed E-state index contributed by atoms with van der Waals surface area (Å²) < 4.78 is 11.0. The van der Waals surface area contributed by atoms with Gasteiger partial charge in [-0.05, 0) is 29.7 Å². The lowest BCUT2D eigenvalue weighted by molar-refractivity contribution is -0.118. The van der Waals surface area contributed by atoms with Crippen LogP contribution < -0.4 is 14.8 Å². The number of carbonyl (C=O) groups excluding carboxylic acids is 1. The molecule has 0 unspecified atom stereocenters. The van der Waals surface area contributed by atoms with Gasteiger partial charge in [0, 0.05) is 17.5 Å². The van der Waals surface area contributed by atoms with Gasteiger partial charge in [0.1, 0.15) is 0 Å². The molecule has 3 rings (SSSR count). The van der Waals surface area contributed by atoms with Gasteiger partial charge in [-0.15, -0.1) is 17.9 Å². The number of nitrogens with one attached hydrogen (secondary N) is 1. The van der Waals surface area contributed by atoms with Gasteiger partial charge in [-0.3, -0.25) is 10.1 Å². The molecule has 6 heteroatoms. The van der Waals surface area contributed by atoms with Crippen molar-refractivity contribution in [3.63, 3.8) is 0 Å². The predicted octanol–water partition coefficient (Wildman–Crippen LogP) is 4.49. The van der Waals surface area contributed by atoms with E-state index in [1.165, 1.54) is 16.9 Å². The molecule has 1 N–H and O–H groups in total. The second-order valence-corrected chi connectivity index (χ2v) is 7.22. The van der Waals surface area contributed by atoms with Crippen LogP contribution in [0.2, 0.25) is 0 Å². The molecule has 0 saturated heterocycles. The Morgan fingerprint density at radius 1 is 1.18 bits per heavy atom. The molecular weight excluding hydrogens is 372 g/mol. The van der Waals surface area contributed by atoms with Crippen molar-refractivity contribution in [3.05, 3.63) is 83.4 Å². The third kappa shape index (κ3) is 5.44. The topological polar surface area (TPSA) is 60.5 Å². The van der Waals surface area contributed by atoms with Crippen LogP contribution in [0.25, 0.3) is 0 Å². The van der Waals surface area contributed by atoms with Crippen molar-refractivity contribution in [2.75, 3.05) is 19.0 Å². The molecule has 0 saturated carbocycles. The normalized spacial score (nSPS) is 10.3. The van der Waals surface area contributed by atoms with Crippen molar-refractivity contribution in [2.45, 2.75) is 12.8 Å². The van der Waals surface area contributed by atoms with Gasteiger partial charge < -0.3 is 9.47 Å². The van der Waals surface area contributed by atoms with Gasteiger partial charge >= 0.3 is 0 Å². The molecular formula is C22H22N2O3S. The first-order valence-corrected chi connectivity index (χ1v) is 9.68. The fourth-order valence-electron chi connectivity index (χ4n) is 2.67. The fourth-order valence-corrected chi connectivity index (χ4v) is 3.53. The van der Waals surface area contributed by atoms with Crippen LogP contribution in [0.5, 0.6) is 11.5 Å². The highest BCUT2D eigenvalue weighted by Gasteiger charge is 2.11. The largest absolute Gasteiger partial charge is 0.493 e. The Labute approximate surface area is 168 Å². The highest BCUT2D eigenvalue weighted by molar-refractivity contribution is 7.15. The van der Waals surface area contributed by atoms with Crippen LogP contribution in [0.15, 0.2) is 67.4 Å². The average molecular weight is 394 g/mol. The highest BCUT2D eigenvalue weighted by Crippen LogP contribution is 2.28. The number of thiazole rings is 1.